The van der Waals surface area contributed by atoms with Gasteiger partial charge in [0, 0.05) is 22.2 Å². The summed E-state index contributed by atoms with van der Waals surface area (Å²) in [6, 6.07) is 18.0. The van der Waals surface area contributed by atoms with E-state index in [-0.39, 0.29) is 0 Å². The molecule has 2 unspecified atom stereocenters. The van der Waals surface area contributed by atoms with Gasteiger partial charge in [-0.2, -0.15) is 0 Å². The Hall–Kier alpha value is -1.11. The lowest BCUT2D eigenvalue weighted by Crippen LogP contribution is -2.45. The van der Waals surface area contributed by atoms with E-state index in [0.717, 1.165) is 18.8 Å². The van der Waals surface area contributed by atoms with Gasteiger partial charge in [0.25, 0.3) is 0 Å². The summed E-state index contributed by atoms with van der Waals surface area (Å²) in [5, 5.41) is 7.41. The van der Waals surface area contributed by atoms with Crippen LogP contribution in [0.3, 0.4) is 0 Å². The Morgan fingerprint density at radius 2 is 2.04 bits per heavy atom. The summed E-state index contributed by atoms with van der Waals surface area (Å²) in [4.78, 5) is 0. The second-order valence-electron chi connectivity index (χ2n) is 5.97. The molecule has 0 amide bonds. The lowest BCUT2D eigenvalue weighted by molar-refractivity contribution is 0.304. The Bertz CT molecular complexity index is 633. The molecular formula is C19H23IN2O. The minimum Gasteiger partial charge on any atom is -0.497 e. The normalized spacial score (nSPS) is 21.1. The standard InChI is InChI=1S/C19H23IN2O/c1-23-17-11-14(10-16(20)12-17)13-22-18-8-5-9-21-19(18)15-6-3-2-4-7-15/h2-4,6-7,10-12,18-19,21-22H,5,8-9,13H2,1H3. The van der Waals surface area contributed by atoms with Gasteiger partial charge in [0.15, 0.2) is 0 Å². The van der Waals surface area contributed by atoms with Gasteiger partial charge in [-0.15, -0.1) is 0 Å². The summed E-state index contributed by atoms with van der Waals surface area (Å²) in [5.74, 6) is 0.926. The SMILES string of the molecule is COc1cc(I)cc(CNC2CCCNC2c2ccccc2)c1. The Morgan fingerprint density at radius 1 is 1.22 bits per heavy atom. The Morgan fingerprint density at radius 3 is 2.83 bits per heavy atom. The first-order valence-corrected chi connectivity index (χ1v) is 9.19. The molecule has 1 aliphatic rings. The van der Waals surface area contributed by atoms with Gasteiger partial charge in [0.1, 0.15) is 5.75 Å². The van der Waals surface area contributed by atoms with Gasteiger partial charge in [-0.25, -0.2) is 0 Å². The van der Waals surface area contributed by atoms with E-state index in [2.05, 4.69) is 81.8 Å². The summed E-state index contributed by atoms with van der Waals surface area (Å²) < 4.78 is 6.58. The van der Waals surface area contributed by atoms with Crippen molar-refractivity contribution < 1.29 is 4.74 Å². The third-order valence-electron chi connectivity index (χ3n) is 4.35. The van der Waals surface area contributed by atoms with E-state index in [1.165, 1.54) is 27.5 Å². The first-order chi connectivity index (χ1) is 11.3. The third kappa shape index (κ3) is 4.46. The minimum absolute atomic E-state index is 0.384. The number of benzene rings is 2. The summed E-state index contributed by atoms with van der Waals surface area (Å²) >= 11 is 2.34. The van der Waals surface area contributed by atoms with Crippen molar-refractivity contribution in [3.63, 3.8) is 0 Å². The van der Waals surface area contributed by atoms with E-state index < -0.39 is 0 Å². The number of rotatable bonds is 5. The van der Waals surface area contributed by atoms with Crippen molar-refractivity contribution in [3.05, 3.63) is 63.2 Å². The molecule has 0 spiro atoms. The molecule has 3 nitrogen and oxygen atoms in total. The molecule has 23 heavy (non-hydrogen) atoms. The van der Waals surface area contributed by atoms with Crippen LogP contribution < -0.4 is 15.4 Å². The molecule has 1 fully saturated rings. The number of nitrogens with one attached hydrogen (secondary N) is 2. The predicted octanol–water partition coefficient (Wildman–Crippen LogP) is 3.88. The van der Waals surface area contributed by atoms with Gasteiger partial charge in [0.05, 0.1) is 7.11 Å². The van der Waals surface area contributed by atoms with Gasteiger partial charge in [0.2, 0.25) is 0 Å². The zero-order chi connectivity index (χ0) is 16.1. The molecule has 122 valence electrons. The van der Waals surface area contributed by atoms with Crippen LogP contribution in [0.4, 0.5) is 0 Å². The summed E-state index contributed by atoms with van der Waals surface area (Å²) in [6.45, 7) is 1.96. The maximum absolute atomic E-state index is 5.37. The van der Waals surface area contributed by atoms with Crippen molar-refractivity contribution in [1.82, 2.24) is 10.6 Å². The Kier molecular flexibility index (Phi) is 5.91. The van der Waals surface area contributed by atoms with Crippen LogP contribution in [0.25, 0.3) is 0 Å². The highest BCUT2D eigenvalue weighted by molar-refractivity contribution is 14.1. The quantitative estimate of drug-likeness (QED) is 0.718. The van der Waals surface area contributed by atoms with Gasteiger partial charge >= 0.3 is 0 Å². The van der Waals surface area contributed by atoms with Crippen molar-refractivity contribution >= 4 is 22.6 Å². The predicted molar refractivity (Wildman–Crippen MR) is 103 cm³/mol. The molecule has 2 atom stereocenters. The Labute approximate surface area is 152 Å². The fourth-order valence-corrected chi connectivity index (χ4v) is 3.92. The number of piperidine rings is 1. The second-order valence-corrected chi connectivity index (χ2v) is 7.22. The van der Waals surface area contributed by atoms with Crippen LogP contribution in [0, 0.1) is 3.57 Å². The third-order valence-corrected chi connectivity index (χ3v) is 4.98. The van der Waals surface area contributed by atoms with Gasteiger partial charge in [-0.05, 0) is 71.3 Å². The van der Waals surface area contributed by atoms with Crippen molar-refractivity contribution in [2.75, 3.05) is 13.7 Å². The molecule has 2 N–H and O–H groups in total. The molecule has 2 aromatic carbocycles. The maximum Gasteiger partial charge on any atom is 0.120 e. The molecule has 2 aromatic rings. The van der Waals surface area contributed by atoms with Crippen LogP contribution in [-0.4, -0.2) is 19.7 Å². The van der Waals surface area contributed by atoms with Crippen LogP contribution in [0.5, 0.6) is 5.75 Å². The lowest BCUT2D eigenvalue weighted by atomic mass is 9.92. The van der Waals surface area contributed by atoms with Crippen LogP contribution in [0.1, 0.15) is 30.0 Å². The molecule has 1 saturated heterocycles. The topological polar surface area (TPSA) is 33.3 Å². The van der Waals surface area contributed by atoms with E-state index >= 15 is 0 Å². The van der Waals surface area contributed by atoms with Crippen LogP contribution in [0.2, 0.25) is 0 Å². The number of ether oxygens (including phenoxy) is 1. The molecule has 1 heterocycles. The zero-order valence-corrected chi connectivity index (χ0v) is 15.5. The molecule has 4 heteroatoms. The van der Waals surface area contributed by atoms with Crippen LogP contribution in [0.15, 0.2) is 48.5 Å². The van der Waals surface area contributed by atoms with Crippen molar-refractivity contribution in [2.45, 2.75) is 31.5 Å². The zero-order valence-electron chi connectivity index (χ0n) is 13.4. The smallest absolute Gasteiger partial charge is 0.120 e. The number of hydrogen-bond acceptors (Lipinski definition) is 3. The summed E-state index contributed by atoms with van der Waals surface area (Å²) in [6.07, 6.45) is 2.42. The van der Waals surface area contributed by atoms with Crippen molar-refractivity contribution in [3.8, 4) is 5.75 Å². The molecule has 3 rings (SSSR count). The van der Waals surface area contributed by atoms with Gasteiger partial charge in [-0.1, -0.05) is 30.3 Å². The molecule has 0 bridgehead atoms. The molecule has 0 saturated carbocycles. The van der Waals surface area contributed by atoms with E-state index in [4.69, 9.17) is 4.74 Å². The fourth-order valence-electron chi connectivity index (χ4n) is 3.21. The molecular weight excluding hydrogens is 399 g/mol. The maximum atomic E-state index is 5.37. The highest BCUT2D eigenvalue weighted by Gasteiger charge is 2.25. The number of halogens is 1. The molecule has 0 radical (unpaired) electrons. The largest absolute Gasteiger partial charge is 0.497 e. The number of methoxy groups -OCH3 is 1. The number of hydrogen-bond donors (Lipinski definition) is 2. The molecule has 0 aliphatic carbocycles. The molecule has 0 aromatic heterocycles. The summed E-state index contributed by atoms with van der Waals surface area (Å²) in [5.41, 5.74) is 2.64. The average Bonchev–Trinajstić information content (AvgIpc) is 2.60. The average molecular weight is 422 g/mol. The first kappa shape index (κ1) is 16.7. The highest BCUT2D eigenvalue weighted by Crippen LogP contribution is 2.24. The van der Waals surface area contributed by atoms with Crippen molar-refractivity contribution in [2.24, 2.45) is 0 Å². The van der Waals surface area contributed by atoms with E-state index in [9.17, 15) is 0 Å². The van der Waals surface area contributed by atoms with Gasteiger partial charge < -0.3 is 15.4 Å². The van der Waals surface area contributed by atoms with Gasteiger partial charge in [-0.3, -0.25) is 0 Å². The van der Waals surface area contributed by atoms with Crippen LogP contribution in [-0.2, 0) is 6.54 Å². The monoisotopic (exact) mass is 422 g/mol. The summed E-state index contributed by atoms with van der Waals surface area (Å²) in [7, 11) is 1.72. The van der Waals surface area contributed by atoms with E-state index in [1.54, 1.807) is 7.11 Å². The first-order valence-electron chi connectivity index (χ1n) is 8.11. The van der Waals surface area contributed by atoms with E-state index in [0.29, 0.717) is 12.1 Å². The van der Waals surface area contributed by atoms with Crippen LogP contribution >= 0.6 is 22.6 Å². The minimum atomic E-state index is 0.384. The molecule has 1 aliphatic heterocycles. The van der Waals surface area contributed by atoms with Crippen molar-refractivity contribution in [1.29, 1.82) is 0 Å². The van der Waals surface area contributed by atoms with E-state index in [1.807, 2.05) is 0 Å². The Balaban J connectivity index is 1.69. The second kappa shape index (κ2) is 8.13. The highest BCUT2D eigenvalue weighted by atomic mass is 127. The lowest BCUT2D eigenvalue weighted by Gasteiger charge is -2.34. The fraction of sp³-hybridized carbons (Fsp3) is 0.368.